The Bertz CT molecular complexity index is 551. The molecule has 1 aromatic rings. The van der Waals surface area contributed by atoms with Crippen molar-refractivity contribution in [1.29, 1.82) is 0 Å². The molecule has 0 amide bonds. The molecule has 5 heteroatoms. The third-order valence-corrected chi connectivity index (χ3v) is 4.90. The van der Waals surface area contributed by atoms with Crippen LogP contribution in [0.2, 0.25) is 0 Å². The maximum absolute atomic E-state index is 12.4. The summed E-state index contributed by atoms with van der Waals surface area (Å²) >= 11 is 0. The molecule has 0 saturated carbocycles. The second-order valence-electron chi connectivity index (χ2n) is 5.49. The van der Waals surface area contributed by atoms with Gasteiger partial charge in [-0.1, -0.05) is 13.0 Å². The van der Waals surface area contributed by atoms with Crippen LogP contribution in [0.1, 0.15) is 43.9 Å². The molecule has 20 heavy (non-hydrogen) atoms. The van der Waals surface area contributed by atoms with Gasteiger partial charge in [0.05, 0.1) is 4.90 Å². The fraction of sp³-hybridized carbons (Fsp3) is 0.600. The molecule has 0 aliphatic carbocycles. The molecule has 0 unspecified atom stereocenters. The second-order valence-corrected chi connectivity index (χ2v) is 7.17. The van der Waals surface area contributed by atoms with Gasteiger partial charge < -0.3 is 5.32 Å². The van der Waals surface area contributed by atoms with E-state index in [-0.39, 0.29) is 6.04 Å². The highest BCUT2D eigenvalue weighted by Crippen LogP contribution is 2.21. The van der Waals surface area contributed by atoms with Crippen LogP contribution in [0.15, 0.2) is 17.0 Å². The number of aryl methyl sites for hydroxylation is 1. The zero-order chi connectivity index (χ0) is 15.3. The normalized spacial score (nSPS) is 12.1. The first-order valence-corrected chi connectivity index (χ1v) is 8.59. The minimum absolute atomic E-state index is 0.110. The SMILES string of the molecule is CCCNCc1cc(C)c(C)c(S(=O)(=O)NC(C)C)c1. The topological polar surface area (TPSA) is 58.2 Å². The summed E-state index contributed by atoms with van der Waals surface area (Å²) in [6, 6.07) is 3.71. The first kappa shape index (κ1) is 17.1. The van der Waals surface area contributed by atoms with Gasteiger partial charge in [-0.2, -0.15) is 0 Å². The number of rotatable bonds is 7. The lowest BCUT2D eigenvalue weighted by Crippen LogP contribution is -2.31. The third-order valence-electron chi connectivity index (χ3n) is 3.12. The van der Waals surface area contributed by atoms with Crippen molar-refractivity contribution in [1.82, 2.24) is 10.0 Å². The molecule has 0 heterocycles. The quantitative estimate of drug-likeness (QED) is 0.760. The summed E-state index contributed by atoms with van der Waals surface area (Å²) in [4.78, 5) is 0.388. The molecule has 4 nitrogen and oxygen atoms in total. The van der Waals surface area contributed by atoms with E-state index in [9.17, 15) is 8.42 Å². The lowest BCUT2D eigenvalue weighted by molar-refractivity contribution is 0.568. The fourth-order valence-electron chi connectivity index (χ4n) is 2.06. The highest BCUT2D eigenvalue weighted by molar-refractivity contribution is 7.89. The van der Waals surface area contributed by atoms with E-state index in [1.54, 1.807) is 6.07 Å². The molecule has 1 aromatic carbocycles. The van der Waals surface area contributed by atoms with Crippen molar-refractivity contribution in [3.63, 3.8) is 0 Å². The largest absolute Gasteiger partial charge is 0.313 e. The zero-order valence-electron chi connectivity index (χ0n) is 13.1. The maximum Gasteiger partial charge on any atom is 0.241 e. The molecule has 0 atom stereocenters. The van der Waals surface area contributed by atoms with Crippen LogP contribution in [0.5, 0.6) is 0 Å². The molecule has 0 aliphatic rings. The van der Waals surface area contributed by atoms with Gasteiger partial charge in [0.25, 0.3) is 0 Å². The van der Waals surface area contributed by atoms with E-state index in [1.165, 1.54) is 0 Å². The Morgan fingerprint density at radius 2 is 1.85 bits per heavy atom. The fourth-order valence-corrected chi connectivity index (χ4v) is 3.68. The Hall–Kier alpha value is -0.910. The van der Waals surface area contributed by atoms with Crippen molar-refractivity contribution in [2.45, 2.75) is 58.5 Å². The summed E-state index contributed by atoms with van der Waals surface area (Å²) in [6.45, 7) is 11.2. The molecule has 0 aliphatic heterocycles. The van der Waals surface area contributed by atoms with Crippen molar-refractivity contribution in [3.05, 3.63) is 28.8 Å². The second kappa shape index (κ2) is 7.20. The minimum atomic E-state index is -3.44. The van der Waals surface area contributed by atoms with Crippen LogP contribution in [0.4, 0.5) is 0 Å². The van der Waals surface area contributed by atoms with Gasteiger partial charge in [-0.05, 0) is 63.4 Å². The predicted octanol–water partition coefficient (Wildman–Crippen LogP) is 2.49. The Morgan fingerprint density at radius 3 is 2.40 bits per heavy atom. The highest BCUT2D eigenvalue weighted by atomic mass is 32.2. The smallest absolute Gasteiger partial charge is 0.241 e. The van der Waals surface area contributed by atoms with Gasteiger partial charge >= 0.3 is 0 Å². The van der Waals surface area contributed by atoms with Crippen molar-refractivity contribution in [2.24, 2.45) is 0 Å². The standard InChI is InChI=1S/C15H26N2O2S/c1-6-7-16-10-14-8-12(4)13(5)15(9-14)20(18,19)17-11(2)3/h8-9,11,16-17H,6-7,10H2,1-5H3. The summed E-state index contributed by atoms with van der Waals surface area (Å²) < 4.78 is 27.4. The van der Waals surface area contributed by atoms with Gasteiger partial charge in [0.1, 0.15) is 0 Å². The summed E-state index contributed by atoms with van der Waals surface area (Å²) in [5.74, 6) is 0. The molecule has 2 N–H and O–H groups in total. The molecule has 0 fully saturated rings. The van der Waals surface area contributed by atoms with Crippen LogP contribution >= 0.6 is 0 Å². The molecule has 1 rings (SSSR count). The highest BCUT2D eigenvalue weighted by Gasteiger charge is 2.19. The number of sulfonamides is 1. The molecular weight excluding hydrogens is 272 g/mol. The number of benzene rings is 1. The van der Waals surface area contributed by atoms with Gasteiger partial charge in [-0.3, -0.25) is 0 Å². The predicted molar refractivity (Wildman–Crippen MR) is 83.4 cm³/mol. The molecule has 0 bridgehead atoms. The molecular formula is C15H26N2O2S. The first-order valence-electron chi connectivity index (χ1n) is 7.11. The Kier molecular flexibility index (Phi) is 6.17. The van der Waals surface area contributed by atoms with E-state index in [2.05, 4.69) is 17.0 Å². The number of hydrogen-bond donors (Lipinski definition) is 2. The van der Waals surface area contributed by atoms with Crippen molar-refractivity contribution >= 4 is 10.0 Å². The van der Waals surface area contributed by atoms with Crippen molar-refractivity contribution < 1.29 is 8.42 Å². The summed E-state index contributed by atoms with van der Waals surface area (Å²) in [5.41, 5.74) is 2.83. The zero-order valence-corrected chi connectivity index (χ0v) is 13.9. The number of hydrogen-bond acceptors (Lipinski definition) is 3. The summed E-state index contributed by atoms with van der Waals surface area (Å²) in [6.07, 6.45) is 1.06. The molecule has 0 spiro atoms. The monoisotopic (exact) mass is 298 g/mol. The number of nitrogens with one attached hydrogen (secondary N) is 2. The Balaban J connectivity index is 3.12. The van der Waals surface area contributed by atoms with Gasteiger partial charge in [0.2, 0.25) is 10.0 Å². The lowest BCUT2D eigenvalue weighted by atomic mass is 10.1. The van der Waals surface area contributed by atoms with Crippen molar-refractivity contribution in [2.75, 3.05) is 6.54 Å². The van der Waals surface area contributed by atoms with Gasteiger partial charge in [0, 0.05) is 12.6 Å². The van der Waals surface area contributed by atoms with Crippen LogP contribution in [0, 0.1) is 13.8 Å². The van der Waals surface area contributed by atoms with E-state index in [4.69, 9.17) is 0 Å². The van der Waals surface area contributed by atoms with Gasteiger partial charge in [-0.15, -0.1) is 0 Å². The summed E-state index contributed by atoms with van der Waals surface area (Å²) in [7, 11) is -3.44. The Labute approximate surface area is 123 Å². The maximum atomic E-state index is 12.4. The van der Waals surface area contributed by atoms with Crippen LogP contribution < -0.4 is 10.0 Å². The van der Waals surface area contributed by atoms with Crippen LogP contribution in [-0.2, 0) is 16.6 Å². The lowest BCUT2D eigenvalue weighted by Gasteiger charge is -2.15. The third kappa shape index (κ3) is 4.58. The molecule has 0 radical (unpaired) electrons. The molecule has 0 saturated heterocycles. The van der Waals surface area contributed by atoms with E-state index >= 15 is 0 Å². The first-order chi connectivity index (χ1) is 9.27. The van der Waals surface area contributed by atoms with Gasteiger partial charge in [0.15, 0.2) is 0 Å². The van der Waals surface area contributed by atoms with Crippen molar-refractivity contribution in [3.8, 4) is 0 Å². The van der Waals surface area contributed by atoms with E-state index in [1.807, 2.05) is 33.8 Å². The Morgan fingerprint density at radius 1 is 1.20 bits per heavy atom. The minimum Gasteiger partial charge on any atom is -0.313 e. The van der Waals surface area contributed by atoms with E-state index in [0.29, 0.717) is 11.4 Å². The summed E-state index contributed by atoms with van der Waals surface area (Å²) in [5, 5.41) is 3.30. The average molecular weight is 298 g/mol. The molecule has 0 aromatic heterocycles. The van der Waals surface area contributed by atoms with E-state index in [0.717, 1.165) is 29.7 Å². The van der Waals surface area contributed by atoms with Gasteiger partial charge in [-0.25, -0.2) is 13.1 Å². The average Bonchev–Trinajstić information content (AvgIpc) is 2.31. The van der Waals surface area contributed by atoms with Crippen LogP contribution in [0.3, 0.4) is 0 Å². The van der Waals surface area contributed by atoms with Crippen LogP contribution in [0.25, 0.3) is 0 Å². The van der Waals surface area contributed by atoms with Crippen LogP contribution in [-0.4, -0.2) is 21.0 Å². The van der Waals surface area contributed by atoms with E-state index < -0.39 is 10.0 Å². The molecule has 114 valence electrons.